The Balaban J connectivity index is 1.40. The van der Waals surface area contributed by atoms with Crippen LogP contribution < -0.4 is 4.74 Å². The number of piperidine rings is 1. The first kappa shape index (κ1) is 18.2. The highest BCUT2D eigenvalue weighted by atomic mass is 19.1. The van der Waals surface area contributed by atoms with E-state index < -0.39 is 5.82 Å². The van der Waals surface area contributed by atoms with Crippen molar-refractivity contribution < 1.29 is 18.3 Å². The van der Waals surface area contributed by atoms with Crippen LogP contribution in [-0.2, 0) is 6.61 Å². The Bertz CT molecular complexity index is 945. The van der Waals surface area contributed by atoms with Gasteiger partial charge in [-0.05, 0) is 37.1 Å². The van der Waals surface area contributed by atoms with Crippen molar-refractivity contribution in [3.8, 4) is 5.75 Å². The summed E-state index contributed by atoms with van der Waals surface area (Å²) < 4.78 is 25.3. The second-order valence-electron chi connectivity index (χ2n) is 6.71. The first-order valence-electron chi connectivity index (χ1n) is 9.24. The van der Waals surface area contributed by atoms with Gasteiger partial charge in [-0.3, -0.25) is 4.79 Å². The smallest absolute Gasteiger partial charge is 0.256 e. The van der Waals surface area contributed by atoms with E-state index in [0.29, 0.717) is 24.9 Å². The van der Waals surface area contributed by atoms with Gasteiger partial charge in [-0.15, -0.1) is 10.2 Å². The van der Waals surface area contributed by atoms with E-state index in [-0.39, 0.29) is 24.0 Å². The average Bonchev–Trinajstić information content (AvgIpc) is 3.22. The van der Waals surface area contributed by atoms with Crippen LogP contribution in [0.1, 0.15) is 40.9 Å². The maximum Gasteiger partial charge on any atom is 0.256 e. The number of carbonyl (C=O) groups excluding carboxylic acids is 1. The number of benzene rings is 2. The van der Waals surface area contributed by atoms with E-state index >= 15 is 0 Å². The van der Waals surface area contributed by atoms with Gasteiger partial charge in [-0.2, -0.15) is 0 Å². The number of aromatic nitrogens is 2. The summed E-state index contributed by atoms with van der Waals surface area (Å²) in [5.74, 6) is 0.709. The lowest BCUT2D eigenvalue weighted by Gasteiger charge is -2.31. The molecule has 0 aliphatic carbocycles. The molecular weight excluding hydrogens is 361 g/mol. The van der Waals surface area contributed by atoms with Gasteiger partial charge in [0.2, 0.25) is 5.89 Å². The SMILES string of the molecule is O=C(c1ccccc1F)N1CCCC(c2nnc(COc3ccccc3)o2)C1. The number of hydrogen-bond donors (Lipinski definition) is 0. The summed E-state index contributed by atoms with van der Waals surface area (Å²) in [7, 11) is 0. The van der Waals surface area contributed by atoms with E-state index in [4.69, 9.17) is 9.15 Å². The number of halogens is 1. The molecule has 0 radical (unpaired) electrons. The standard InChI is InChI=1S/C21H20FN3O3/c22-18-11-5-4-10-17(18)21(26)25-12-6-7-15(13-25)20-24-23-19(28-20)14-27-16-8-2-1-3-9-16/h1-5,8-11,15H,6-7,12-14H2. The molecule has 2 heterocycles. The zero-order valence-corrected chi connectivity index (χ0v) is 15.3. The normalized spacial score (nSPS) is 16.8. The van der Waals surface area contributed by atoms with Crippen molar-refractivity contribution in [2.75, 3.05) is 13.1 Å². The molecule has 0 saturated carbocycles. The topological polar surface area (TPSA) is 68.5 Å². The molecule has 0 bridgehead atoms. The maximum atomic E-state index is 13.9. The number of para-hydroxylation sites is 1. The van der Waals surface area contributed by atoms with E-state index in [2.05, 4.69) is 10.2 Å². The lowest BCUT2D eigenvalue weighted by atomic mass is 9.97. The molecule has 1 unspecified atom stereocenters. The summed E-state index contributed by atoms with van der Waals surface area (Å²) in [6.45, 7) is 1.19. The van der Waals surface area contributed by atoms with Crippen LogP contribution in [0.2, 0.25) is 0 Å². The van der Waals surface area contributed by atoms with Crippen LogP contribution in [-0.4, -0.2) is 34.1 Å². The highest BCUT2D eigenvalue weighted by Gasteiger charge is 2.29. The van der Waals surface area contributed by atoms with E-state index in [1.165, 1.54) is 12.1 Å². The van der Waals surface area contributed by atoms with Gasteiger partial charge in [0, 0.05) is 13.1 Å². The summed E-state index contributed by atoms with van der Waals surface area (Å²) in [5, 5.41) is 8.17. The third-order valence-electron chi connectivity index (χ3n) is 4.75. The molecule has 0 spiro atoms. The first-order valence-corrected chi connectivity index (χ1v) is 9.24. The second kappa shape index (κ2) is 8.21. The summed E-state index contributed by atoms with van der Waals surface area (Å²) in [5.41, 5.74) is 0.0885. The summed E-state index contributed by atoms with van der Waals surface area (Å²) in [4.78, 5) is 14.3. The fraction of sp³-hybridized carbons (Fsp3) is 0.286. The number of hydrogen-bond acceptors (Lipinski definition) is 5. The van der Waals surface area contributed by atoms with Gasteiger partial charge in [0.25, 0.3) is 11.8 Å². The average molecular weight is 381 g/mol. The van der Waals surface area contributed by atoms with Crippen LogP contribution in [0.25, 0.3) is 0 Å². The fourth-order valence-electron chi connectivity index (χ4n) is 3.32. The third-order valence-corrected chi connectivity index (χ3v) is 4.75. The predicted octanol–water partition coefficient (Wildman–Crippen LogP) is 3.81. The quantitative estimate of drug-likeness (QED) is 0.672. The maximum absolute atomic E-state index is 13.9. The first-order chi connectivity index (χ1) is 13.7. The molecule has 0 N–H and O–H groups in total. The number of nitrogens with zero attached hydrogens (tertiary/aromatic N) is 3. The van der Waals surface area contributed by atoms with Crippen LogP contribution in [0.4, 0.5) is 4.39 Å². The van der Waals surface area contributed by atoms with Gasteiger partial charge in [0.15, 0.2) is 6.61 Å². The molecule has 1 aliphatic rings. The van der Waals surface area contributed by atoms with Crippen LogP contribution in [0, 0.1) is 5.82 Å². The Morgan fingerprint density at radius 1 is 1.14 bits per heavy atom. The molecule has 144 valence electrons. The minimum absolute atomic E-state index is 0.0672. The monoisotopic (exact) mass is 381 g/mol. The Kier molecular flexibility index (Phi) is 5.32. The number of amides is 1. The van der Waals surface area contributed by atoms with Crippen LogP contribution >= 0.6 is 0 Å². The molecular formula is C21H20FN3O3. The molecule has 1 saturated heterocycles. The molecule has 4 rings (SSSR count). The summed E-state index contributed by atoms with van der Waals surface area (Å²) in [6.07, 6.45) is 1.63. The van der Waals surface area contributed by atoms with Gasteiger partial charge >= 0.3 is 0 Å². The largest absolute Gasteiger partial charge is 0.484 e. The summed E-state index contributed by atoms with van der Waals surface area (Å²) >= 11 is 0. The van der Waals surface area contributed by atoms with Crippen molar-refractivity contribution in [1.29, 1.82) is 0 Å². The lowest BCUT2D eigenvalue weighted by Crippen LogP contribution is -2.39. The van der Waals surface area contributed by atoms with Crippen LogP contribution in [0.5, 0.6) is 5.75 Å². The van der Waals surface area contributed by atoms with Crippen LogP contribution in [0.15, 0.2) is 59.0 Å². The van der Waals surface area contributed by atoms with Gasteiger partial charge in [0.1, 0.15) is 11.6 Å². The fourth-order valence-corrected chi connectivity index (χ4v) is 3.32. The van der Waals surface area contributed by atoms with Gasteiger partial charge < -0.3 is 14.1 Å². The predicted molar refractivity (Wildman–Crippen MR) is 99.4 cm³/mol. The third kappa shape index (κ3) is 4.03. The molecule has 28 heavy (non-hydrogen) atoms. The Hall–Kier alpha value is -3.22. The van der Waals surface area contributed by atoms with Crippen molar-refractivity contribution in [2.45, 2.75) is 25.4 Å². The second-order valence-corrected chi connectivity index (χ2v) is 6.71. The van der Waals surface area contributed by atoms with Crippen molar-refractivity contribution in [2.24, 2.45) is 0 Å². The Morgan fingerprint density at radius 2 is 1.93 bits per heavy atom. The number of likely N-dealkylation sites (tertiary alicyclic amines) is 1. The zero-order chi connectivity index (χ0) is 19.3. The zero-order valence-electron chi connectivity index (χ0n) is 15.3. The molecule has 1 aliphatic heterocycles. The minimum Gasteiger partial charge on any atom is -0.484 e. The summed E-state index contributed by atoms with van der Waals surface area (Å²) in [6, 6.07) is 15.4. The van der Waals surface area contributed by atoms with Crippen molar-refractivity contribution in [1.82, 2.24) is 15.1 Å². The molecule has 1 aromatic heterocycles. The van der Waals surface area contributed by atoms with Gasteiger partial charge in [-0.25, -0.2) is 4.39 Å². The van der Waals surface area contributed by atoms with Crippen molar-refractivity contribution >= 4 is 5.91 Å². The molecule has 2 aromatic carbocycles. The van der Waals surface area contributed by atoms with Gasteiger partial charge in [-0.1, -0.05) is 30.3 Å². The molecule has 6 nitrogen and oxygen atoms in total. The highest BCUT2D eigenvalue weighted by molar-refractivity contribution is 5.94. The van der Waals surface area contributed by atoms with Crippen molar-refractivity contribution in [3.63, 3.8) is 0 Å². The number of carbonyl (C=O) groups is 1. The minimum atomic E-state index is -0.507. The molecule has 1 fully saturated rings. The van der Waals surface area contributed by atoms with Crippen LogP contribution in [0.3, 0.4) is 0 Å². The Labute approximate surface area is 161 Å². The molecule has 1 amide bonds. The lowest BCUT2D eigenvalue weighted by molar-refractivity contribution is 0.0692. The van der Waals surface area contributed by atoms with E-state index in [9.17, 15) is 9.18 Å². The number of rotatable bonds is 5. The van der Waals surface area contributed by atoms with E-state index in [1.807, 2.05) is 30.3 Å². The molecule has 7 heteroatoms. The molecule has 3 aromatic rings. The highest BCUT2D eigenvalue weighted by Crippen LogP contribution is 2.27. The van der Waals surface area contributed by atoms with E-state index in [1.54, 1.807) is 17.0 Å². The Morgan fingerprint density at radius 3 is 2.75 bits per heavy atom. The van der Waals surface area contributed by atoms with Gasteiger partial charge in [0.05, 0.1) is 11.5 Å². The van der Waals surface area contributed by atoms with Crippen molar-refractivity contribution in [3.05, 3.63) is 77.8 Å². The molecule has 1 atom stereocenters. The van der Waals surface area contributed by atoms with E-state index in [0.717, 1.165) is 18.6 Å². The number of ether oxygens (including phenoxy) is 1.